The lowest BCUT2D eigenvalue weighted by Gasteiger charge is -2.32. The molecule has 3 nitrogen and oxygen atoms in total. The van der Waals surface area contributed by atoms with E-state index in [2.05, 4.69) is 0 Å². The molecule has 1 fully saturated rings. The zero-order valence-electron chi connectivity index (χ0n) is 21.4. The number of fused-ring (bicyclic) bond motifs is 3. The van der Waals surface area contributed by atoms with Gasteiger partial charge in [-0.3, -0.25) is 0 Å². The summed E-state index contributed by atoms with van der Waals surface area (Å²) < 4.78 is 55.4. The van der Waals surface area contributed by atoms with Gasteiger partial charge >= 0.3 is 7.12 Å². The van der Waals surface area contributed by atoms with Crippen LogP contribution in [0.2, 0.25) is 0 Å². The predicted octanol–water partition coefficient (Wildman–Crippen LogP) is 5.08. The van der Waals surface area contributed by atoms with Gasteiger partial charge in [-0.25, -0.2) is 0 Å². The van der Waals surface area contributed by atoms with Crippen LogP contribution in [-0.2, 0) is 9.31 Å². The molecule has 4 aromatic rings. The highest BCUT2D eigenvalue weighted by Crippen LogP contribution is 2.37. The van der Waals surface area contributed by atoms with E-state index in [1.54, 1.807) is 4.57 Å². The van der Waals surface area contributed by atoms with Crippen molar-refractivity contribution < 1.29 is 16.2 Å². The van der Waals surface area contributed by atoms with Gasteiger partial charge in [0.1, 0.15) is 0 Å². The molecule has 0 saturated carbocycles. The number of aromatic nitrogens is 1. The average molecular weight is 374 g/mol. The quantitative estimate of drug-likeness (QED) is 0.457. The van der Waals surface area contributed by atoms with E-state index in [9.17, 15) is 0 Å². The Morgan fingerprint density at radius 1 is 0.821 bits per heavy atom. The monoisotopic (exact) mass is 374 g/mol. The zero-order valence-corrected chi connectivity index (χ0v) is 16.4. The first-order valence-corrected chi connectivity index (χ1v) is 9.40. The Bertz CT molecular complexity index is 1400. The SMILES string of the molecule is [2H]c1c([2H])c([2H])c(-n2c3ccccc3c3cc(B4OC(C)(C)C(C)(C)O4)ccc32)c([2H])c1[2H]. The van der Waals surface area contributed by atoms with E-state index in [0.717, 1.165) is 27.3 Å². The number of benzene rings is 3. The predicted molar refractivity (Wildman–Crippen MR) is 116 cm³/mol. The highest BCUT2D eigenvalue weighted by atomic mass is 16.7. The Morgan fingerprint density at radius 2 is 1.46 bits per heavy atom. The molecule has 0 N–H and O–H groups in total. The average Bonchev–Trinajstić information content (AvgIpc) is 3.21. The lowest BCUT2D eigenvalue weighted by atomic mass is 9.78. The van der Waals surface area contributed by atoms with E-state index in [1.807, 2.05) is 70.2 Å². The van der Waals surface area contributed by atoms with Gasteiger partial charge in [-0.1, -0.05) is 48.5 Å². The minimum atomic E-state index is -0.526. The third-order valence-corrected chi connectivity index (χ3v) is 5.93. The largest absolute Gasteiger partial charge is 0.494 e. The summed E-state index contributed by atoms with van der Waals surface area (Å²) >= 11 is 0. The molecule has 1 aliphatic heterocycles. The lowest BCUT2D eigenvalue weighted by molar-refractivity contribution is 0.00578. The molecule has 28 heavy (non-hydrogen) atoms. The molecule has 1 saturated heterocycles. The normalized spacial score (nSPS) is 20.7. The van der Waals surface area contributed by atoms with E-state index in [1.165, 1.54) is 0 Å². The van der Waals surface area contributed by atoms with Gasteiger partial charge in [0.15, 0.2) is 0 Å². The molecular weight excluding hydrogens is 345 g/mol. The highest BCUT2D eigenvalue weighted by Gasteiger charge is 2.51. The zero-order chi connectivity index (χ0) is 23.9. The van der Waals surface area contributed by atoms with Gasteiger partial charge in [0, 0.05) is 16.5 Å². The molecule has 3 aromatic carbocycles. The van der Waals surface area contributed by atoms with E-state index in [0.29, 0.717) is 0 Å². The molecule has 5 rings (SSSR count). The summed E-state index contributed by atoms with van der Waals surface area (Å²) in [7, 11) is -0.526. The molecule has 0 aliphatic carbocycles. The van der Waals surface area contributed by atoms with E-state index in [4.69, 9.17) is 16.2 Å². The second-order valence-corrected chi connectivity index (χ2v) is 8.19. The summed E-state index contributed by atoms with van der Waals surface area (Å²) in [5.74, 6) is 0. The second-order valence-electron chi connectivity index (χ2n) is 8.19. The van der Waals surface area contributed by atoms with Crippen LogP contribution in [0.4, 0.5) is 0 Å². The van der Waals surface area contributed by atoms with Gasteiger partial charge in [0.2, 0.25) is 0 Å². The maximum atomic E-state index is 8.49. The van der Waals surface area contributed by atoms with Gasteiger partial charge in [0.25, 0.3) is 0 Å². The Morgan fingerprint density at radius 3 is 2.18 bits per heavy atom. The Kier molecular flexibility index (Phi) is 2.73. The molecule has 140 valence electrons. The molecule has 4 heteroatoms. The van der Waals surface area contributed by atoms with Crippen molar-refractivity contribution in [2.45, 2.75) is 38.9 Å². The van der Waals surface area contributed by atoms with Crippen molar-refractivity contribution in [2.24, 2.45) is 0 Å². The minimum absolute atomic E-state index is 0.135. The molecule has 0 atom stereocenters. The van der Waals surface area contributed by atoms with E-state index in [-0.39, 0.29) is 29.9 Å². The first-order chi connectivity index (χ1) is 15.4. The first-order valence-electron chi connectivity index (χ1n) is 11.9. The van der Waals surface area contributed by atoms with Crippen molar-refractivity contribution in [2.75, 3.05) is 0 Å². The summed E-state index contributed by atoms with van der Waals surface area (Å²) in [5.41, 5.74) is 1.58. The molecule has 2 heterocycles. The van der Waals surface area contributed by atoms with Gasteiger partial charge in [-0.2, -0.15) is 0 Å². The molecule has 0 spiro atoms. The van der Waals surface area contributed by atoms with Gasteiger partial charge in [-0.15, -0.1) is 0 Å². The van der Waals surface area contributed by atoms with E-state index >= 15 is 0 Å². The molecule has 1 aliphatic rings. The van der Waals surface area contributed by atoms with Crippen LogP contribution in [0.5, 0.6) is 0 Å². The smallest absolute Gasteiger partial charge is 0.399 e. The first kappa shape index (κ1) is 12.8. The lowest BCUT2D eigenvalue weighted by Crippen LogP contribution is -2.41. The van der Waals surface area contributed by atoms with Crippen LogP contribution in [0, 0.1) is 0 Å². The third-order valence-electron chi connectivity index (χ3n) is 5.93. The molecule has 0 bridgehead atoms. The van der Waals surface area contributed by atoms with Crippen molar-refractivity contribution in [3.63, 3.8) is 0 Å². The van der Waals surface area contributed by atoms with Crippen LogP contribution in [0.15, 0.2) is 72.7 Å². The van der Waals surface area contributed by atoms with Gasteiger partial charge < -0.3 is 13.9 Å². The summed E-state index contributed by atoms with van der Waals surface area (Å²) in [4.78, 5) is 0. The standard InChI is InChI=1S/C24H24BNO2/c1-23(2)24(3,4)28-25(27-23)17-14-15-22-20(16-17)19-12-8-9-13-21(19)26(22)18-10-6-5-7-11-18/h5-16H,1-4H3/i5D,6D,7D,10D,11D. The number of hydrogen-bond acceptors (Lipinski definition) is 2. The molecule has 1 aromatic heterocycles. The molecular formula is C24H24BNO2. The fourth-order valence-electron chi connectivity index (χ4n) is 3.71. The van der Waals surface area contributed by atoms with Crippen LogP contribution in [0.1, 0.15) is 34.5 Å². The van der Waals surface area contributed by atoms with Crippen molar-refractivity contribution in [1.29, 1.82) is 0 Å². The third kappa shape index (κ3) is 2.52. The number of hydrogen-bond donors (Lipinski definition) is 0. The topological polar surface area (TPSA) is 23.4 Å². The molecule has 0 amide bonds. The Hall–Kier alpha value is -2.56. The van der Waals surface area contributed by atoms with Crippen molar-refractivity contribution in [3.8, 4) is 5.69 Å². The van der Waals surface area contributed by atoms with Crippen LogP contribution in [0.25, 0.3) is 27.5 Å². The molecule has 0 unspecified atom stereocenters. The van der Waals surface area contributed by atoms with Crippen LogP contribution in [-0.4, -0.2) is 22.9 Å². The summed E-state index contributed by atoms with van der Waals surface area (Å²) in [5, 5.41) is 1.81. The fourth-order valence-corrected chi connectivity index (χ4v) is 3.71. The number of nitrogens with zero attached hydrogens (tertiary/aromatic N) is 1. The summed E-state index contributed by atoms with van der Waals surface area (Å²) in [6.07, 6.45) is 0. The molecule has 0 radical (unpaired) electrons. The summed E-state index contributed by atoms with van der Waals surface area (Å²) in [6.45, 7) is 8.04. The maximum Gasteiger partial charge on any atom is 0.494 e. The van der Waals surface area contributed by atoms with Crippen molar-refractivity contribution in [1.82, 2.24) is 4.57 Å². The van der Waals surface area contributed by atoms with Crippen LogP contribution >= 0.6 is 0 Å². The number of para-hydroxylation sites is 2. The van der Waals surface area contributed by atoms with Crippen LogP contribution in [0.3, 0.4) is 0 Å². The minimum Gasteiger partial charge on any atom is -0.399 e. The van der Waals surface area contributed by atoms with Gasteiger partial charge in [0.05, 0.1) is 29.1 Å². The highest BCUT2D eigenvalue weighted by molar-refractivity contribution is 6.62. The maximum absolute atomic E-state index is 8.49. The second kappa shape index (κ2) is 5.97. The van der Waals surface area contributed by atoms with Gasteiger partial charge in [-0.05, 0) is 57.4 Å². The van der Waals surface area contributed by atoms with E-state index < -0.39 is 24.4 Å². The summed E-state index contributed by atoms with van der Waals surface area (Å²) in [6, 6.07) is 11.9. The Labute approximate surface area is 173 Å². The number of rotatable bonds is 2. The Balaban J connectivity index is 1.78. The van der Waals surface area contributed by atoms with Crippen molar-refractivity contribution in [3.05, 3.63) is 72.7 Å². The fraction of sp³-hybridized carbons (Fsp3) is 0.250. The van der Waals surface area contributed by atoms with Crippen LogP contribution < -0.4 is 5.46 Å². The van der Waals surface area contributed by atoms with Crippen molar-refractivity contribution >= 4 is 34.4 Å².